The molecule has 0 bridgehead atoms. The van der Waals surface area contributed by atoms with Gasteiger partial charge in [-0.15, -0.1) is 0 Å². The fourth-order valence-electron chi connectivity index (χ4n) is 2.33. The van der Waals surface area contributed by atoms with E-state index in [0.717, 1.165) is 11.1 Å². The molecule has 0 aliphatic carbocycles. The van der Waals surface area contributed by atoms with Gasteiger partial charge in [-0.3, -0.25) is 9.59 Å². The van der Waals surface area contributed by atoms with Crippen LogP contribution in [0.5, 0.6) is 5.75 Å². The van der Waals surface area contributed by atoms with Crippen LogP contribution in [0.25, 0.3) is 0 Å². The lowest BCUT2D eigenvalue weighted by atomic mass is 10.2. The minimum Gasteiger partial charge on any atom is -0.489 e. The van der Waals surface area contributed by atoms with Gasteiger partial charge in [0.15, 0.2) is 6.61 Å². The molecule has 3 rings (SSSR count). The number of carbonyl (C=O) groups excluding carboxylic acids is 2. The predicted octanol–water partition coefficient (Wildman–Crippen LogP) is 4.05. The van der Waals surface area contributed by atoms with Crippen LogP contribution in [-0.2, 0) is 27.4 Å². The number of esters is 1. The van der Waals surface area contributed by atoms with E-state index in [4.69, 9.17) is 9.47 Å². The number of rotatable bonds is 8. The number of thiophene rings is 1. The van der Waals surface area contributed by atoms with Crippen LogP contribution in [0, 0.1) is 0 Å². The Bertz CT molecular complexity index is 861. The Morgan fingerprint density at radius 2 is 1.70 bits per heavy atom. The molecular formula is C21H19NO4S. The van der Waals surface area contributed by atoms with Crippen molar-refractivity contribution in [2.75, 3.05) is 11.9 Å². The summed E-state index contributed by atoms with van der Waals surface area (Å²) in [6.07, 6.45) is 0.171. The highest BCUT2D eigenvalue weighted by Gasteiger charge is 2.09. The van der Waals surface area contributed by atoms with Crippen LogP contribution >= 0.6 is 11.3 Å². The maximum absolute atomic E-state index is 11.9. The van der Waals surface area contributed by atoms with E-state index < -0.39 is 5.97 Å². The highest BCUT2D eigenvalue weighted by atomic mass is 32.1. The van der Waals surface area contributed by atoms with Crippen molar-refractivity contribution in [3.05, 3.63) is 82.6 Å². The molecule has 0 saturated heterocycles. The summed E-state index contributed by atoms with van der Waals surface area (Å²) in [4.78, 5) is 23.6. The van der Waals surface area contributed by atoms with Gasteiger partial charge < -0.3 is 14.8 Å². The molecule has 0 atom stereocenters. The first-order chi connectivity index (χ1) is 13.2. The molecule has 0 unspecified atom stereocenters. The zero-order valence-electron chi connectivity index (χ0n) is 14.6. The van der Waals surface area contributed by atoms with Gasteiger partial charge in [0, 0.05) is 5.69 Å². The van der Waals surface area contributed by atoms with E-state index in [1.807, 2.05) is 47.2 Å². The molecule has 2 aromatic carbocycles. The molecule has 0 saturated carbocycles. The molecule has 1 aromatic heterocycles. The molecule has 0 aliphatic heterocycles. The molecule has 1 amide bonds. The topological polar surface area (TPSA) is 64.6 Å². The summed E-state index contributed by atoms with van der Waals surface area (Å²) >= 11 is 1.51. The Morgan fingerprint density at radius 3 is 2.41 bits per heavy atom. The number of anilines is 1. The molecular weight excluding hydrogens is 362 g/mol. The minimum atomic E-state index is -0.423. The molecule has 6 heteroatoms. The standard InChI is InChI=1S/C21H19NO4S/c23-20(14-26-21(24)12-17-10-11-27-15-17)22-18-6-8-19(9-7-18)25-13-16-4-2-1-3-5-16/h1-11,15H,12-14H2,(H,22,23). The molecule has 1 heterocycles. The van der Waals surface area contributed by atoms with Crippen molar-refractivity contribution in [3.8, 4) is 5.75 Å². The minimum absolute atomic E-state index is 0.171. The summed E-state index contributed by atoms with van der Waals surface area (Å²) in [5, 5.41) is 6.46. The van der Waals surface area contributed by atoms with Gasteiger partial charge in [0.25, 0.3) is 5.91 Å². The fourth-order valence-corrected chi connectivity index (χ4v) is 3.00. The average molecular weight is 381 g/mol. The van der Waals surface area contributed by atoms with Crippen LogP contribution in [-0.4, -0.2) is 18.5 Å². The van der Waals surface area contributed by atoms with Crippen molar-refractivity contribution in [3.63, 3.8) is 0 Å². The van der Waals surface area contributed by atoms with Gasteiger partial charge in [-0.25, -0.2) is 0 Å². The van der Waals surface area contributed by atoms with Crippen LogP contribution < -0.4 is 10.1 Å². The lowest BCUT2D eigenvalue weighted by molar-refractivity contribution is -0.146. The SMILES string of the molecule is O=C(COC(=O)Cc1ccsc1)Nc1ccc(OCc2ccccc2)cc1. The summed E-state index contributed by atoms with van der Waals surface area (Å²) in [5.74, 6) is -0.0983. The number of hydrogen-bond donors (Lipinski definition) is 1. The van der Waals surface area contributed by atoms with E-state index in [0.29, 0.717) is 18.0 Å². The van der Waals surface area contributed by atoms with E-state index in [1.54, 1.807) is 24.3 Å². The van der Waals surface area contributed by atoms with E-state index >= 15 is 0 Å². The van der Waals surface area contributed by atoms with Crippen molar-refractivity contribution < 1.29 is 19.1 Å². The Kier molecular flexibility index (Phi) is 6.60. The van der Waals surface area contributed by atoms with Gasteiger partial charge in [0.1, 0.15) is 12.4 Å². The van der Waals surface area contributed by atoms with Crippen molar-refractivity contribution in [1.29, 1.82) is 0 Å². The third-order valence-corrected chi connectivity index (χ3v) is 4.41. The lowest BCUT2D eigenvalue weighted by Gasteiger charge is -2.09. The van der Waals surface area contributed by atoms with Crippen molar-refractivity contribution in [2.24, 2.45) is 0 Å². The van der Waals surface area contributed by atoms with Crippen LogP contribution in [0.1, 0.15) is 11.1 Å². The van der Waals surface area contributed by atoms with Gasteiger partial charge in [0.2, 0.25) is 0 Å². The molecule has 0 spiro atoms. The third kappa shape index (κ3) is 6.27. The van der Waals surface area contributed by atoms with Crippen LogP contribution in [0.2, 0.25) is 0 Å². The number of carbonyl (C=O) groups is 2. The summed E-state index contributed by atoms with van der Waals surface area (Å²) in [5.41, 5.74) is 2.58. The highest BCUT2D eigenvalue weighted by molar-refractivity contribution is 7.08. The van der Waals surface area contributed by atoms with Gasteiger partial charge in [-0.05, 0) is 52.2 Å². The zero-order chi connectivity index (χ0) is 18.9. The predicted molar refractivity (Wildman–Crippen MR) is 105 cm³/mol. The van der Waals surface area contributed by atoms with E-state index in [9.17, 15) is 9.59 Å². The normalized spacial score (nSPS) is 10.2. The molecule has 27 heavy (non-hydrogen) atoms. The molecule has 3 aromatic rings. The Morgan fingerprint density at radius 1 is 0.926 bits per heavy atom. The Labute approximate surface area is 161 Å². The van der Waals surface area contributed by atoms with Crippen molar-refractivity contribution >= 4 is 28.9 Å². The summed E-state index contributed by atoms with van der Waals surface area (Å²) in [7, 11) is 0. The van der Waals surface area contributed by atoms with E-state index in [2.05, 4.69) is 5.32 Å². The Balaban J connectivity index is 1.40. The first-order valence-corrected chi connectivity index (χ1v) is 9.37. The molecule has 5 nitrogen and oxygen atoms in total. The summed E-state index contributed by atoms with van der Waals surface area (Å²) in [6.45, 7) is 0.169. The van der Waals surface area contributed by atoms with Crippen molar-refractivity contribution in [2.45, 2.75) is 13.0 Å². The van der Waals surface area contributed by atoms with Gasteiger partial charge in [0.05, 0.1) is 6.42 Å². The number of nitrogens with one attached hydrogen (secondary N) is 1. The highest BCUT2D eigenvalue weighted by Crippen LogP contribution is 2.17. The summed E-state index contributed by atoms with van der Waals surface area (Å²) < 4.78 is 10.7. The fraction of sp³-hybridized carbons (Fsp3) is 0.143. The number of amides is 1. The lowest BCUT2D eigenvalue weighted by Crippen LogP contribution is -2.21. The zero-order valence-corrected chi connectivity index (χ0v) is 15.4. The average Bonchev–Trinajstić information content (AvgIpc) is 3.20. The van der Waals surface area contributed by atoms with Crippen molar-refractivity contribution in [1.82, 2.24) is 0 Å². The van der Waals surface area contributed by atoms with Crippen LogP contribution in [0.4, 0.5) is 5.69 Å². The second-order valence-electron chi connectivity index (χ2n) is 5.82. The Hall–Kier alpha value is -3.12. The van der Waals surface area contributed by atoms with E-state index in [-0.39, 0.29) is 18.9 Å². The third-order valence-electron chi connectivity index (χ3n) is 3.68. The number of hydrogen-bond acceptors (Lipinski definition) is 5. The van der Waals surface area contributed by atoms with Crippen LogP contribution in [0.15, 0.2) is 71.4 Å². The maximum atomic E-state index is 11.9. The molecule has 0 radical (unpaired) electrons. The quantitative estimate of drug-likeness (QED) is 0.598. The number of benzene rings is 2. The smallest absolute Gasteiger partial charge is 0.310 e. The largest absolute Gasteiger partial charge is 0.489 e. The molecule has 0 fully saturated rings. The number of ether oxygens (including phenoxy) is 2. The monoisotopic (exact) mass is 381 g/mol. The second kappa shape index (κ2) is 9.54. The first-order valence-electron chi connectivity index (χ1n) is 8.42. The van der Waals surface area contributed by atoms with Gasteiger partial charge >= 0.3 is 5.97 Å². The van der Waals surface area contributed by atoms with Gasteiger partial charge in [-0.1, -0.05) is 30.3 Å². The van der Waals surface area contributed by atoms with Crippen LogP contribution in [0.3, 0.4) is 0 Å². The summed E-state index contributed by atoms with van der Waals surface area (Å²) in [6, 6.07) is 18.8. The second-order valence-corrected chi connectivity index (χ2v) is 6.60. The van der Waals surface area contributed by atoms with Gasteiger partial charge in [-0.2, -0.15) is 11.3 Å². The first kappa shape index (κ1) is 18.7. The maximum Gasteiger partial charge on any atom is 0.310 e. The molecule has 0 aliphatic rings. The van der Waals surface area contributed by atoms with E-state index in [1.165, 1.54) is 11.3 Å². The molecule has 138 valence electrons. The molecule has 1 N–H and O–H groups in total.